The Morgan fingerprint density at radius 3 is 2.15 bits per heavy atom. The summed E-state index contributed by atoms with van der Waals surface area (Å²) < 4.78 is 0. The monoisotopic (exact) mass is 284 g/mol. The van der Waals surface area contributed by atoms with Crippen molar-refractivity contribution in [3.8, 4) is 0 Å². The van der Waals surface area contributed by atoms with E-state index in [1.54, 1.807) is 0 Å². The van der Waals surface area contributed by atoms with Crippen molar-refractivity contribution in [1.29, 1.82) is 0 Å². The molecule has 0 saturated heterocycles. The molecule has 2 aromatic rings. The quantitative estimate of drug-likeness (QED) is 0.627. The van der Waals surface area contributed by atoms with Gasteiger partial charge in [-0.15, -0.1) is 11.6 Å². The van der Waals surface area contributed by atoms with E-state index in [0.717, 1.165) is 12.3 Å². The van der Waals surface area contributed by atoms with E-state index in [1.807, 2.05) is 0 Å². The first kappa shape index (κ1) is 13.7. The van der Waals surface area contributed by atoms with E-state index in [1.165, 1.54) is 29.5 Å². The molecule has 0 bridgehead atoms. The number of alkyl halides is 1. The first-order chi connectivity index (χ1) is 9.74. The number of rotatable bonds is 5. The van der Waals surface area contributed by atoms with Crippen LogP contribution in [-0.4, -0.2) is 0 Å². The standard InChI is InChI=1S/C19H21Cl/c1-14(17-11-12-17)19(20)18-9-7-16(8-10-18)13-15-5-3-2-4-6-15/h2-10,14,17,19H,11-13H2,1H3. The maximum atomic E-state index is 6.60. The van der Waals surface area contributed by atoms with E-state index >= 15 is 0 Å². The van der Waals surface area contributed by atoms with Crippen LogP contribution in [0.25, 0.3) is 0 Å². The van der Waals surface area contributed by atoms with Crippen LogP contribution < -0.4 is 0 Å². The van der Waals surface area contributed by atoms with Crippen LogP contribution in [-0.2, 0) is 6.42 Å². The Kier molecular flexibility index (Phi) is 4.12. The van der Waals surface area contributed by atoms with Crippen molar-refractivity contribution in [3.05, 3.63) is 71.3 Å². The van der Waals surface area contributed by atoms with Gasteiger partial charge in [0.1, 0.15) is 0 Å². The molecule has 2 aromatic carbocycles. The highest BCUT2D eigenvalue weighted by molar-refractivity contribution is 6.21. The fourth-order valence-corrected chi connectivity index (χ4v) is 3.17. The van der Waals surface area contributed by atoms with Gasteiger partial charge >= 0.3 is 0 Å². The zero-order valence-electron chi connectivity index (χ0n) is 11.9. The highest BCUT2D eigenvalue weighted by Gasteiger charge is 2.32. The number of hydrogen-bond donors (Lipinski definition) is 0. The molecular formula is C19H21Cl. The van der Waals surface area contributed by atoms with Crippen molar-refractivity contribution in [2.45, 2.75) is 31.6 Å². The van der Waals surface area contributed by atoms with Gasteiger partial charge in [0.25, 0.3) is 0 Å². The molecule has 0 amide bonds. The molecule has 104 valence electrons. The Morgan fingerprint density at radius 1 is 0.950 bits per heavy atom. The van der Waals surface area contributed by atoms with Gasteiger partial charge in [-0.25, -0.2) is 0 Å². The smallest absolute Gasteiger partial charge is 0.0613 e. The minimum Gasteiger partial charge on any atom is -0.118 e. The van der Waals surface area contributed by atoms with Crippen LogP contribution >= 0.6 is 11.6 Å². The average molecular weight is 285 g/mol. The zero-order valence-corrected chi connectivity index (χ0v) is 12.7. The van der Waals surface area contributed by atoms with Crippen molar-refractivity contribution in [3.63, 3.8) is 0 Å². The number of halogens is 1. The van der Waals surface area contributed by atoms with E-state index in [-0.39, 0.29) is 5.38 Å². The Balaban J connectivity index is 1.68. The third-order valence-electron chi connectivity index (χ3n) is 4.38. The predicted octanol–water partition coefficient (Wildman–Crippen LogP) is 5.60. The third kappa shape index (κ3) is 3.24. The lowest BCUT2D eigenvalue weighted by atomic mass is 9.94. The molecule has 0 spiro atoms. The van der Waals surface area contributed by atoms with Crippen LogP contribution in [0.4, 0.5) is 0 Å². The van der Waals surface area contributed by atoms with Gasteiger partial charge in [0.05, 0.1) is 5.38 Å². The summed E-state index contributed by atoms with van der Waals surface area (Å²) in [4.78, 5) is 0. The molecule has 0 radical (unpaired) electrons. The summed E-state index contributed by atoms with van der Waals surface area (Å²) in [6.07, 6.45) is 3.71. The van der Waals surface area contributed by atoms with E-state index < -0.39 is 0 Å². The van der Waals surface area contributed by atoms with Crippen LogP contribution in [0.15, 0.2) is 54.6 Å². The summed E-state index contributed by atoms with van der Waals surface area (Å²) in [5.74, 6) is 1.44. The maximum Gasteiger partial charge on any atom is 0.0613 e. The van der Waals surface area contributed by atoms with Gasteiger partial charge in [0.2, 0.25) is 0 Å². The average Bonchev–Trinajstić information content (AvgIpc) is 3.32. The Morgan fingerprint density at radius 2 is 1.55 bits per heavy atom. The first-order valence-corrected chi connectivity index (χ1v) is 7.94. The summed E-state index contributed by atoms with van der Waals surface area (Å²) in [6, 6.07) is 19.4. The summed E-state index contributed by atoms with van der Waals surface area (Å²) in [7, 11) is 0. The second kappa shape index (κ2) is 6.01. The van der Waals surface area contributed by atoms with Crippen molar-refractivity contribution < 1.29 is 0 Å². The molecule has 0 heterocycles. The molecule has 1 heteroatoms. The fraction of sp³-hybridized carbons (Fsp3) is 0.368. The summed E-state index contributed by atoms with van der Waals surface area (Å²) in [5.41, 5.74) is 3.97. The van der Waals surface area contributed by atoms with Gasteiger partial charge in [-0.2, -0.15) is 0 Å². The Labute approximate surface area is 126 Å². The van der Waals surface area contributed by atoms with Crippen molar-refractivity contribution in [1.82, 2.24) is 0 Å². The van der Waals surface area contributed by atoms with Gasteiger partial charge < -0.3 is 0 Å². The van der Waals surface area contributed by atoms with Gasteiger partial charge in [-0.05, 0) is 47.8 Å². The van der Waals surface area contributed by atoms with Crippen LogP contribution in [0, 0.1) is 11.8 Å². The molecular weight excluding hydrogens is 264 g/mol. The second-order valence-electron chi connectivity index (χ2n) is 6.00. The predicted molar refractivity (Wildman–Crippen MR) is 86.2 cm³/mol. The lowest BCUT2D eigenvalue weighted by Crippen LogP contribution is -2.06. The molecule has 1 saturated carbocycles. The fourth-order valence-electron chi connectivity index (χ4n) is 2.82. The molecule has 2 unspecified atom stereocenters. The Bertz CT molecular complexity index is 540. The second-order valence-corrected chi connectivity index (χ2v) is 6.47. The van der Waals surface area contributed by atoms with Gasteiger partial charge in [-0.1, -0.05) is 61.5 Å². The molecule has 0 N–H and O–H groups in total. The van der Waals surface area contributed by atoms with Crippen LogP contribution in [0.2, 0.25) is 0 Å². The molecule has 1 aliphatic carbocycles. The van der Waals surface area contributed by atoms with Crippen LogP contribution in [0.5, 0.6) is 0 Å². The Hall–Kier alpha value is -1.27. The molecule has 0 nitrogen and oxygen atoms in total. The zero-order chi connectivity index (χ0) is 13.9. The molecule has 0 aliphatic heterocycles. The molecule has 1 fully saturated rings. The first-order valence-electron chi connectivity index (χ1n) is 7.51. The van der Waals surface area contributed by atoms with E-state index in [0.29, 0.717) is 5.92 Å². The SMILES string of the molecule is CC(C1CC1)C(Cl)c1ccc(Cc2ccccc2)cc1. The largest absolute Gasteiger partial charge is 0.118 e. The van der Waals surface area contributed by atoms with Gasteiger partial charge in [0, 0.05) is 0 Å². The van der Waals surface area contributed by atoms with Gasteiger partial charge in [-0.3, -0.25) is 0 Å². The number of benzene rings is 2. The minimum absolute atomic E-state index is 0.160. The number of hydrogen-bond acceptors (Lipinski definition) is 0. The molecule has 0 aromatic heterocycles. The van der Waals surface area contributed by atoms with Gasteiger partial charge in [0.15, 0.2) is 0 Å². The lowest BCUT2D eigenvalue weighted by molar-refractivity contribution is 0.491. The van der Waals surface area contributed by atoms with Crippen LogP contribution in [0.3, 0.4) is 0 Å². The van der Waals surface area contributed by atoms with Crippen molar-refractivity contribution in [2.24, 2.45) is 11.8 Å². The molecule has 3 rings (SSSR count). The molecule has 2 atom stereocenters. The molecule has 1 aliphatic rings. The molecule has 20 heavy (non-hydrogen) atoms. The highest BCUT2D eigenvalue weighted by Crippen LogP contribution is 2.45. The van der Waals surface area contributed by atoms with E-state index in [4.69, 9.17) is 11.6 Å². The van der Waals surface area contributed by atoms with Crippen molar-refractivity contribution in [2.75, 3.05) is 0 Å². The lowest BCUT2D eigenvalue weighted by Gasteiger charge is -2.18. The summed E-state index contributed by atoms with van der Waals surface area (Å²) >= 11 is 6.60. The topological polar surface area (TPSA) is 0 Å². The summed E-state index contributed by atoms with van der Waals surface area (Å²) in [5, 5.41) is 0.160. The summed E-state index contributed by atoms with van der Waals surface area (Å²) in [6.45, 7) is 2.28. The van der Waals surface area contributed by atoms with Crippen molar-refractivity contribution >= 4 is 11.6 Å². The normalized spacial score (nSPS) is 17.7. The maximum absolute atomic E-state index is 6.60. The van der Waals surface area contributed by atoms with E-state index in [9.17, 15) is 0 Å². The van der Waals surface area contributed by atoms with Crippen LogP contribution in [0.1, 0.15) is 41.8 Å². The minimum atomic E-state index is 0.160. The third-order valence-corrected chi connectivity index (χ3v) is 5.03. The van der Waals surface area contributed by atoms with E-state index in [2.05, 4.69) is 61.5 Å². The highest BCUT2D eigenvalue weighted by atomic mass is 35.5.